The average Bonchev–Trinajstić information content (AvgIpc) is 2.87. The van der Waals surface area contributed by atoms with Crippen LogP contribution in [0.15, 0.2) is 63.6 Å². The molecule has 0 saturated carbocycles. The lowest BCUT2D eigenvalue weighted by Gasteiger charge is -2.01. The van der Waals surface area contributed by atoms with Gasteiger partial charge >= 0.3 is 0 Å². The highest BCUT2D eigenvalue weighted by Crippen LogP contribution is 2.28. The number of thioether (sulfide) groups is 1. The van der Waals surface area contributed by atoms with Gasteiger partial charge in [0.2, 0.25) is 10.0 Å². The number of nitrogens with two attached hydrogens (primary N) is 1. The molecule has 9 heteroatoms. The molecule has 0 radical (unpaired) electrons. The molecule has 3 rings (SSSR count). The Hall–Kier alpha value is -2.49. The highest BCUT2D eigenvalue weighted by molar-refractivity contribution is 8.18. The zero-order valence-electron chi connectivity index (χ0n) is 12.2. The number of sulfonamides is 1. The number of aromatic nitrogens is 1. The molecular weight excluding hydrogens is 348 g/mol. The van der Waals surface area contributed by atoms with Gasteiger partial charge in [0, 0.05) is 12.4 Å². The van der Waals surface area contributed by atoms with Crippen molar-refractivity contribution in [1.82, 2.24) is 10.3 Å². The maximum Gasteiger partial charge on any atom is 0.289 e. The van der Waals surface area contributed by atoms with Crippen molar-refractivity contribution in [3.05, 3.63) is 59.3 Å². The van der Waals surface area contributed by atoms with Crippen LogP contribution in [0.4, 0.5) is 10.5 Å². The maximum absolute atomic E-state index is 11.6. The molecule has 1 fully saturated rings. The van der Waals surface area contributed by atoms with E-state index in [0.717, 1.165) is 17.3 Å². The second-order valence-electron chi connectivity index (χ2n) is 4.81. The third-order valence-corrected chi connectivity index (χ3v) is 4.79. The Balaban J connectivity index is 1.93. The summed E-state index contributed by atoms with van der Waals surface area (Å²) in [6.07, 6.45) is 5.14. The van der Waals surface area contributed by atoms with E-state index in [1.165, 1.54) is 24.3 Å². The number of amides is 1. The molecule has 2 heterocycles. The molecule has 0 unspecified atom stereocenters. The van der Waals surface area contributed by atoms with Gasteiger partial charge in [-0.1, -0.05) is 6.07 Å². The Bertz CT molecular complexity index is 936. The topological polar surface area (TPSA) is 115 Å². The number of carbonyl (C=O) groups excluding carboxylic acids is 1. The van der Waals surface area contributed by atoms with E-state index in [4.69, 9.17) is 5.14 Å². The van der Waals surface area contributed by atoms with Gasteiger partial charge in [-0.25, -0.2) is 18.5 Å². The van der Waals surface area contributed by atoms with Crippen molar-refractivity contribution in [3.8, 4) is 0 Å². The fraction of sp³-hybridized carbons (Fsp3) is 0. The second-order valence-corrected chi connectivity index (χ2v) is 7.38. The highest BCUT2D eigenvalue weighted by atomic mass is 32.2. The first-order valence-corrected chi connectivity index (χ1v) is 9.10. The summed E-state index contributed by atoms with van der Waals surface area (Å²) in [6.45, 7) is 0. The normalized spacial score (nSPS) is 18.1. The minimum atomic E-state index is -3.75. The van der Waals surface area contributed by atoms with Gasteiger partial charge in [0.1, 0.15) is 5.84 Å². The van der Waals surface area contributed by atoms with Crippen LogP contribution >= 0.6 is 11.8 Å². The minimum Gasteiger partial charge on any atom is -0.300 e. The third-order valence-electron chi connectivity index (χ3n) is 3.04. The van der Waals surface area contributed by atoms with Gasteiger partial charge in [-0.2, -0.15) is 0 Å². The summed E-state index contributed by atoms with van der Waals surface area (Å²) in [5, 5.41) is 7.49. The summed E-state index contributed by atoms with van der Waals surface area (Å²) < 4.78 is 22.5. The molecule has 1 aromatic heterocycles. The number of hydrogen-bond acceptors (Lipinski definition) is 6. The van der Waals surface area contributed by atoms with E-state index >= 15 is 0 Å². The molecule has 2 aromatic rings. The smallest absolute Gasteiger partial charge is 0.289 e. The van der Waals surface area contributed by atoms with Crippen molar-refractivity contribution in [3.63, 3.8) is 0 Å². The fourth-order valence-electron chi connectivity index (χ4n) is 1.97. The number of pyridine rings is 1. The van der Waals surface area contributed by atoms with E-state index in [2.05, 4.69) is 15.3 Å². The average molecular weight is 360 g/mol. The van der Waals surface area contributed by atoms with Crippen molar-refractivity contribution in [2.45, 2.75) is 4.90 Å². The minimum absolute atomic E-state index is 0.00223. The van der Waals surface area contributed by atoms with E-state index in [9.17, 15) is 13.2 Å². The Labute approximate surface area is 142 Å². The van der Waals surface area contributed by atoms with E-state index < -0.39 is 10.0 Å². The van der Waals surface area contributed by atoms with Crippen molar-refractivity contribution >= 4 is 44.6 Å². The van der Waals surface area contributed by atoms with Crippen LogP contribution in [0.3, 0.4) is 0 Å². The lowest BCUT2D eigenvalue weighted by Crippen LogP contribution is -2.18. The van der Waals surface area contributed by atoms with Crippen molar-refractivity contribution in [2.24, 2.45) is 10.1 Å². The van der Waals surface area contributed by atoms with Crippen LogP contribution in [0.5, 0.6) is 0 Å². The van der Waals surface area contributed by atoms with E-state index in [0.29, 0.717) is 16.4 Å². The number of hydrogen-bond donors (Lipinski definition) is 2. The molecule has 7 nitrogen and oxygen atoms in total. The zero-order chi connectivity index (χ0) is 17.2. The van der Waals surface area contributed by atoms with Gasteiger partial charge in [-0.3, -0.25) is 9.78 Å². The lowest BCUT2D eigenvalue weighted by molar-refractivity contribution is 0.265. The van der Waals surface area contributed by atoms with E-state index in [1.54, 1.807) is 24.5 Å². The summed E-state index contributed by atoms with van der Waals surface area (Å²) in [7, 11) is -3.75. The molecule has 0 aliphatic carbocycles. The number of carbonyl (C=O) groups is 1. The van der Waals surface area contributed by atoms with Gasteiger partial charge in [0.25, 0.3) is 5.24 Å². The van der Waals surface area contributed by atoms with Crippen molar-refractivity contribution in [2.75, 3.05) is 0 Å². The van der Waals surface area contributed by atoms with Gasteiger partial charge in [0.05, 0.1) is 15.5 Å². The Morgan fingerprint density at radius 2 is 1.96 bits per heavy atom. The quantitative estimate of drug-likeness (QED) is 0.871. The molecule has 1 aromatic carbocycles. The summed E-state index contributed by atoms with van der Waals surface area (Å²) >= 11 is 1.03. The van der Waals surface area contributed by atoms with Crippen LogP contribution in [-0.2, 0) is 10.0 Å². The summed E-state index contributed by atoms with van der Waals surface area (Å²) in [6, 6.07) is 9.42. The van der Waals surface area contributed by atoms with Crippen molar-refractivity contribution in [1.29, 1.82) is 0 Å². The SMILES string of the molecule is NS(=O)(=O)c1ccc(N=C2NC(=O)S/C2=C\c2cccnc2)cc1. The molecule has 122 valence electrons. The van der Waals surface area contributed by atoms with Gasteiger partial charge in [-0.05, 0) is 53.7 Å². The number of amidine groups is 1. The van der Waals surface area contributed by atoms with E-state index in [-0.39, 0.29) is 10.1 Å². The Morgan fingerprint density at radius 3 is 2.58 bits per heavy atom. The Morgan fingerprint density at radius 1 is 1.21 bits per heavy atom. The standard InChI is InChI=1S/C15H12N4O3S2/c16-24(21,22)12-5-3-11(4-6-12)18-14-13(23-15(20)19-14)8-10-2-1-7-17-9-10/h1-9H,(H2,16,21,22)(H,18,19,20)/b13-8-. The summed E-state index contributed by atoms with van der Waals surface area (Å²) in [5.41, 5.74) is 1.34. The zero-order valence-corrected chi connectivity index (χ0v) is 13.8. The summed E-state index contributed by atoms with van der Waals surface area (Å²) in [5.74, 6) is 0.400. The van der Waals surface area contributed by atoms with Gasteiger partial charge < -0.3 is 5.32 Å². The number of nitrogens with one attached hydrogen (secondary N) is 1. The molecule has 1 aliphatic rings. The first kappa shape index (κ1) is 16.4. The van der Waals surface area contributed by atoms with Crippen molar-refractivity contribution < 1.29 is 13.2 Å². The van der Waals surface area contributed by atoms with Crippen LogP contribution < -0.4 is 10.5 Å². The van der Waals surface area contributed by atoms with Gasteiger partial charge in [0.15, 0.2) is 0 Å². The molecule has 0 bridgehead atoms. The molecule has 24 heavy (non-hydrogen) atoms. The number of rotatable bonds is 3. The van der Waals surface area contributed by atoms with Gasteiger partial charge in [-0.15, -0.1) is 0 Å². The molecule has 1 amide bonds. The highest BCUT2D eigenvalue weighted by Gasteiger charge is 2.23. The molecule has 3 N–H and O–H groups in total. The van der Waals surface area contributed by atoms with Crippen LogP contribution in [0.25, 0.3) is 6.08 Å². The predicted molar refractivity (Wildman–Crippen MR) is 93.2 cm³/mol. The van der Waals surface area contributed by atoms with E-state index in [1.807, 2.05) is 6.07 Å². The predicted octanol–water partition coefficient (Wildman–Crippen LogP) is 2.26. The summed E-state index contributed by atoms with van der Waals surface area (Å²) in [4.78, 5) is 20.7. The number of benzene rings is 1. The monoisotopic (exact) mass is 360 g/mol. The maximum atomic E-state index is 11.6. The largest absolute Gasteiger partial charge is 0.300 e. The van der Waals surface area contributed by atoms with Crippen LogP contribution in [-0.4, -0.2) is 24.5 Å². The molecular formula is C15H12N4O3S2. The second kappa shape index (κ2) is 6.56. The molecule has 1 aliphatic heterocycles. The number of primary sulfonamides is 1. The van der Waals surface area contributed by atoms with Crippen LogP contribution in [0, 0.1) is 0 Å². The van der Waals surface area contributed by atoms with Crippen LogP contribution in [0.1, 0.15) is 5.56 Å². The molecule has 1 saturated heterocycles. The third kappa shape index (κ3) is 3.88. The molecule has 0 spiro atoms. The fourth-order valence-corrected chi connectivity index (χ4v) is 3.22. The number of nitrogens with zero attached hydrogens (tertiary/aromatic N) is 2. The Kier molecular flexibility index (Phi) is 4.47. The number of aliphatic imine (C=N–C) groups is 1. The van der Waals surface area contributed by atoms with Crippen LogP contribution in [0.2, 0.25) is 0 Å². The first-order chi connectivity index (χ1) is 11.4. The lowest BCUT2D eigenvalue weighted by atomic mass is 10.2. The molecule has 0 atom stereocenters. The first-order valence-electron chi connectivity index (χ1n) is 6.74.